The lowest BCUT2D eigenvalue weighted by atomic mass is 10.1. The molecule has 3 rings (SSSR count). The molecule has 3 heterocycles. The average Bonchev–Trinajstić information content (AvgIpc) is 2.64. The molecule has 2 aliphatic heterocycles. The van der Waals surface area contributed by atoms with Gasteiger partial charge in [0.15, 0.2) is 0 Å². The molecule has 2 bridgehead atoms. The van der Waals surface area contributed by atoms with Crippen molar-refractivity contribution in [3.8, 4) is 0 Å². The Balaban J connectivity index is 1.77. The first-order chi connectivity index (χ1) is 9.28. The Bertz CT molecular complexity index is 434. The van der Waals surface area contributed by atoms with Crippen molar-refractivity contribution < 1.29 is 0 Å². The highest BCUT2D eigenvalue weighted by Crippen LogP contribution is 2.30. The molecular formula is C15H24N4. The van der Waals surface area contributed by atoms with E-state index in [-0.39, 0.29) is 0 Å². The highest BCUT2D eigenvalue weighted by molar-refractivity contribution is 5.47. The number of pyridine rings is 1. The molecule has 19 heavy (non-hydrogen) atoms. The van der Waals surface area contributed by atoms with E-state index in [0.29, 0.717) is 0 Å². The Labute approximate surface area is 115 Å². The number of rotatable bonds is 3. The monoisotopic (exact) mass is 260 g/mol. The summed E-state index contributed by atoms with van der Waals surface area (Å²) in [5, 5.41) is 3.17. The van der Waals surface area contributed by atoms with Gasteiger partial charge in [0, 0.05) is 43.6 Å². The van der Waals surface area contributed by atoms with Gasteiger partial charge < -0.3 is 10.2 Å². The molecule has 0 amide bonds. The molecule has 2 atom stereocenters. The van der Waals surface area contributed by atoms with E-state index in [0.717, 1.165) is 30.9 Å². The maximum absolute atomic E-state index is 4.41. The molecule has 4 heteroatoms. The van der Waals surface area contributed by atoms with Crippen molar-refractivity contribution in [2.75, 3.05) is 32.1 Å². The number of hydrogen-bond donors (Lipinski definition) is 1. The van der Waals surface area contributed by atoms with E-state index in [9.17, 15) is 0 Å². The molecule has 0 saturated carbocycles. The van der Waals surface area contributed by atoms with Crippen LogP contribution >= 0.6 is 0 Å². The third-order valence-electron chi connectivity index (χ3n) is 4.67. The smallest absolute Gasteiger partial charge is 0.0562 e. The maximum atomic E-state index is 4.41. The van der Waals surface area contributed by atoms with Crippen LogP contribution in [0.3, 0.4) is 0 Å². The molecule has 104 valence electrons. The topological polar surface area (TPSA) is 31.4 Å². The number of nitrogens with zero attached hydrogens (tertiary/aromatic N) is 3. The highest BCUT2D eigenvalue weighted by Gasteiger charge is 2.34. The molecular weight excluding hydrogens is 236 g/mol. The van der Waals surface area contributed by atoms with Gasteiger partial charge in [-0.3, -0.25) is 9.88 Å². The first-order valence-electron chi connectivity index (χ1n) is 7.34. The summed E-state index contributed by atoms with van der Waals surface area (Å²) in [6.07, 6.45) is 5.97. The van der Waals surface area contributed by atoms with Gasteiger partial charge in [0.05, 0.1) is 5.69 Å². The van der Waals surface area contributed by atoms with Crippen LogP contribution in [0.15, 0.2) is 18.3 Å². The fraction of sp³-hybridized carbons (Fsp3) is 0.667. The summed E-state index contributed by atoms with van der Waals surface area (Å²) >= 11 is 0. The molecule has 1 aromatic heterocycles. The Morgan fingerprint density at radius 1 is 1.32 bits per heavy atom. The number of nitrogens with one attached hydrogen (secondary N) is 1. The Morgan fingerprint density at radius 2 is 2.16 bits per heavy atom. The molecule has 2 unspecified atom stereocenters. The van der Waals surface area contributed by atoms with Gasteiger partial charge in [-0.25, -0.2) is 0 Å². The number of fused-ring (bicyclic) bond motifs is 2. The van der Waals surface area contributed by atoms with Crippen LogP contribution in [-0.4, -0.2) is 49.2 Å². The molecule has 0 radical (unpaired) electrons. The van der Waals surface area contributed by atoms with Crippen LogP contribution in [0.1, 0.15) is 25.0 Å². The zero-order valence-electron chi connectivity index (χ0n) is 12.0. The summed E-state index contributed by atoms with van der Waals surface area (Å²) in [7, 11) is 4.26. The third kappa shape index (κ3) is 2.60. The second-order valence-corrected chi connectivity index (χ2v) is 5.82. The predicted octanol–water partition coefficient (Wildman–Crippen LogP) is 1.47. The van der Waals surface area contributed by atoms with Crippen molar-refractivity contribution >= 4 is 5.69 Å². The lowest BCUT2D eigenvalue weighted by Crippen LogP contribution is -2.36. The zero-order chi connectivity index (χ0) is 13.2. The van der Waals surface area contributed by atoms with Crippen molar-refractivity contribution in [3.63, 3.8) is 0 Å². The number of likely N-dealkylation sites (N-methyl/N-ethyl adjacent to an activating group) is 1. The van der Waals surface area contributed by atoms with Crippen molar-refractivity contribution in [1.82, 2.24) is 15.2 Å². The van der Waals surface area contributed by atoms with Gasteiger partial charge in [-0.05, 0) is 45.5 Å². The van der Waals surface area contributed by atoms with E-state index in [4.69, 9.17) is 0 Å². The lowest BCUT2D eigenvalue weighted by Gasteiger charge is -2.27. The van der Waals surface area contributed by atoms with E-state index in [2.05, 4.69) is 39.3 Å². The van der Waals surface area contributed by atoms with Crippen molar-refractivity contribution in [1.29, 1.82) is 0 Å². The summed E-state index contributed by atoms with van der Waals surface area (Å²) in [5.41, 5.74) is 2.46. The summed E-state index contributed by atoms with van der Waals surface area (Å²) in [6.45, 7) is 3.18. The van der Waals surface area contributed by atoms with Gasteiger partial charge in [-0.2, -0.15) is 0 Å². The maximum Gasteiger partial charge on any atom is 0.0562 e. The molecule has 2 saturated heterocycles. The molecule has 0 aliphatic carbocycles. The van der Waals surface area contributed by atoms with E-state index >= 15 is 0 Å². The third-order valence-corrected chi connectivity index (χ3v) is 4.67. The van der Waals surface area contributed by atoms with E-state index in [1.165, 1.54) is 31.5 Å². The molecule has 0 aromatic carbocycles. The van der Waals surface area contributed by atoms with Crippen LogP contribution in [0, 0.1) is 0 Å². The fourth-order valence-corrected chi connectivity index (χ4v) is 3.48. The summed E-state index contributed by atoms with van der Waals surface area (Å²) < 4.78 is 0. The van der Waals surface area contributed by atoms with E-state index in [1.54, 1.807) is 0 Å². The lowest BCUT2D eigenvalue weighted by molar-refractivity contribution is 0.254. The van der Waals surface area contributed by atoms with Crippen molar-refractivity contribution in [2.45, 2.75) is 37.9 Å². The van der Waals surface area contributed by atoms with Gasteiger partial charge in [-0.1, -0.05) is 0 Å². The summed E-state index contributed by atoms with van der Waals surface area (Å²) in [4.78, 5) is 9.55. The minimum absolute atomic E-state index is 0.730. The standard InChI is InChI=1S/C15H24N4/c1-16-10-12-9-14(5-7-17-12)19-8-6-13-3-4-15(11-19)18(13)2/h5,7,9,13,15-16H,3-4,6,8,10-11H2,1-2H3. The van der Waals surface area contributed by atoms with Crippen LogP contribution < -0.4 is 10.2 Å². The molecule has 1 aromatic rings. The van der Waals surface area contributed by atoms with Gasteiger partial charge in [0.2, 0.25) is 0 Å². The van der Waals surface area contributed by atoms with Crippen molar-refractivity contribution in [2.24, 2.45) is 0 Å². The molecule has 0 spiro atoms. The average molecular weight is 260 g/mol. The van der Waals surface area contributed by atoms with Crippen molar-refractivity contribution in [3.05, 3.63) is 24.0 Å². The van der Waals surface area contributed by atoms with Gasteiger partial charge in [-0.15, -0.1) is 0 Å². The highest BCUT2D eigenvalue weighted by atomic mass is 15.3. The fourth-order valence-electron chi connectivity index (χ4n) is 3.48. The molecule has 1 N–H and O–H groups in total. The van der Waals surface area contributed by atoms with Gasteiger partial charge in [0.25, 0.3) is 0 Å². The van der Waals surface area contributed by atoms with Gasteiger partial charge in [0.1, 0.15) is 0 Å². The minimum atomic E-state index is 0.730. The minimum Gasteiger partial charge on any atom is -0.370 e. The Kier molecular flexibility index (Phi) is 3.71. The van der Waals surface area contributed by atoms with E-state index < -0.39 is 0 Å². The first kappa shape index (κ1) is 12.9. The summed E-state index contributed by atoms with van der Waals surface area (Å²) in [6, 6.07) is 5.91. The molecule has 2 fully saturated rings. The second-order valence-electron chi connectivity index (χ2n) is 5.82. The molecule has 4 nitrogen and oxygen atoms in total. The van der Waals surface area contributed by atoms with E-state index in [1.807, 2.05) is 13.2 Å². The van der Waals surface area contributed by atoms with Gasteiger partial charge >= 0.3 is 0 Å². The molecule has 2 aliphatic rings. The Hall–Kier alpha value is -1.13. The first-order valence-corrected chi connectivity index (χ1v) is 7.34. The second kappa shape index (κ2) is 5.47. The van der Waals surface area contributed by atoms with Crippen LogP contribution in [0.25, 0.3) is 0 Å². The number of aromatic nitrogens is 1. The largest absolute Gasteiger partial charge is 0.370 e. The number of anilines is 1. The van der Waals surface area contributed by atoms with Crippen LogP contribution in [-0.2, 0) is 6.54 Å². The summed E-state index contributed by atoms with van der Waals surface area (Å²) in [5.74, 6) is 0. The Morgan fingerprint density at radius 3 is 3.00 bits per heavy atom. The van der Waals surface area contributed by atoms with Crippen LogP contribution in [0.2, 0.25) is 0 Å². The predicted molar refractivity (Wildman–Crippen MR) is 78.4 cm³/mol. The SMILES string of the molecule is CNCc1cc(N2CCC3CCC(C2)N3C)ccn1. The quantitative estimate of drug-likeness (QED) is 0.892. The normalized spacial score (nSPS) is 27.6. The van der Waals surface area contributed by atoms with Crippen LogP contribution in [0.4, 0.5) is 5.69 Å². The zero-order valence-corrected chi connectivity index (χ0v) is 12.0. The number of hydrogen-bond acceptors (Lipinski definition) is 4. The van der Waals surface area contributed by atoms with Crippen LogP contribution in [0.5, 0.6) is 0 Å².